The molecule has 0 unspecified atom stereocenters. The first-order valence-corrected chi connectivity index (χ1v) is 7.32. The predicted molar refractivity (Wildman–Crippen MR) is 93.5 cm³/mol. The maximum atomic E-state index is 10.2. The summed E-state index contributed by atoms with van der Waals surface area (Å²) in [6.07, 6.45) is 5.21. The lowest BCUT2D eigenvalue weighted by Crippen LogP contribution is -2.49. The SMILES string of the molecule is CC1(NC[C@@H](O)[C@@H](N)Cc2ccccc2)CCCC1.Cl.Cl. The summed E-state index contributed by atoms with van der Waals surface area (Å²) in [6.45, 7) is 2.83. The highest BCUT2D eigenvalue weighted by Gasteiger charge is 2.29. The van der Waals surface area contributed by atoms with Crippen LogP contribution in [0.4, 0.5) is 0 Å². The monoisotopic (exact) mass is 334 g/mol. The Morgan fingerprint density at radius 2 is 1.76 bits per heavy atom. The van der Waals surface area contributed by atoms with Crippen molar-refractivity contribution in [2.75, 3.05) is 6.54 Å². The maximum Gasteiger partial charge on any atom is 0.0818 e. The van der Waals surface area contributed by atoms with Gasteiger partial charge in [0.2, 0.25) is 0 Å². The first-order valence-electron chi connectivity index (χ1n) is 7.32. The minimum absolute atomic E-state index is 0. The van der Waals surface area contributed by atoms with E-state index in [0.29, 0.717) is 6.54 Å². The van der Waals surface area contributed by atoms with Gasteiger partial charge in [0.15, 0.2) is 0 Å². The number of β-amino-alcohol motifs (C(OH)–C–C–N with tert-alkyl or cyclic N) is 1. The minimum Gasteiger partial charge on any atom is -0.390 e. The summed E-state index contributed by atoms with van der Waals surface area (Å²) in [4.78, 5) is 0. The Bertz CT molecular complexity index is 383. The topological polar surface area (TPSA) is 58.3 Å². The van der Waals surface area contributed by atoms with Crippen molar-refractivity contribution < 1.29 is 5.11 Å². The van der Waals surface area contributed by atoms with Crippen LogP contribution in [0.5, 0.6) is 0 Å². The van der Waals surface area contributed by atoms with Crippen LogP contribution in [0.3, 0.4) is 0 Å². The molecule has 0 saturated heterocycles. The van der Waals surface area contributed by atoms with Crippen LogP contribution in [0.2, 0.25) is 0 Å². The molecule has 0 radical (unpaired) electrons. The molecule has 5 heteroatoms. The minimum atomic E-state index is -0.488. The second kappa shape index (κ2) is 9.65. The molecular weight excluding hydrogens is 307 g/mol. The standard InChI is InChI=1S/C16H26N2O.2ClH/c1-16(9-5-6-10-16)18-12-15(19)14(17)11-13-7-3-2-4-8-13;;/h2-4,7-8,14-15,18-19H,5-6,9-12,17H2,1H3;2*1H/t14-,15+;;/m0../s1. The van der Waals surface area contributed by atoms with E-state index in [-0.39, 0.29) is 36.4 Å². The smallest absolute Gasteiger partial charge is 0.0818 e. The third-order valence-electron chi connectivity index (χ3n) is 4.25. The fraction of sp³-hybridized carbons (Fsp3) is 0.625. The summed E-state index contributed by atoms with van der Waals surface area (Å²) in [7, 11) is 0. The van der Waals surface area contributed by atoms with E-state index in [1.54, 1.807) is 0 Å². The van der Waals surface area contributed by atoms with Gasteiger partial charge in [0.25, 0.3) is 0 Å². The van der Waals surface area contributed by atoms with Gasteiger partial charge in [-0.1, -0.05) is 43.2 Å². The predicted octanol–water partition coefficient (Wildman–Crippen LogP) is 2.68. The fourth-order valence-electron chi connectivity index (χ4n) is 2.86. The van der Waals surface area contributed by atoms with E-state index in [2.05, 4.69) is 24.4 Å². The summed E-state index contributed by atoms with van der Waals surface area (Å²) >= 11 is 0. The number of aliphatic hydroxyl groups excluding tert-OH is 1. The summed E-state index contributed by atoms with van der Waals surface area (Å²) in [5, 5.41) is 13.7. The molecule has 0 heterocycles. The van der Waals surface area contributed by atoms with Gasteiger partial charge in [-0.05, 0) is 31.7 Å². The number of hydrogen-bond acceptors (Lipinski definition) is 3. The zero-order valence-corrected chi connectivity index (χ0v) is 14.3. The van der Waals surface area contributed by atoms with Gasteiger partial charge in [0, 0.05) is 18.1 Å². The molecule has 0 aromatic heterocycles. The second-order valence-electron chi connectivity index (χ2n) is 6.07. The highest BCUT2D eigenvalue weighted by atomic mass is 35.5. The van der Waals surface area contributed by atoms with Crippen LogP contribution in [-0.2, 0) is 6.42 Å². The Labute approximate surface area is 140 Å². The quantitative estimate of drug-likeness (QED) is 0.749. The van der Waals surface area contributed by atoms with Crippen molar-refractivity contribution in [3.8, 4) is 0 Å². The molecule has 4 N–H and O–H groups in total. The molecule has 1 saturated carbocycles. The lowest BCUT2D eigenvalue weighted by atomic mass is 9.98. The van der Waals surface area contributed by atoms with Crippen LogP contribution in [0.25, 0.3) is 0 Å². The molecule has 0 amide bonds. The van der Waals surface area contributed by atoms with Gasteiger partial charge >= 0.3 is 0 Å². The third kappa shape index (κ3) is 6.54. The van der Waals surface area contributed by atoms with Gasteiger partial charge in [0.05, 0.1) is 6.10 Å². The highest BCUT2D eigenvalue weighted by molar-refractivity contribution is 5.85. The molecule has 1 aliphatic carbocycles. The Hall–Kier alpha value is -0.320. The van der Waals surface area contributed by atoms with E-state index in [0.717, 1.165) is 6.42 Å². The van der Waals surface area contributed by atoms with Gasteiger partial charge in [-0.2, -0.15) is 0 Å². The number of benzene rings is 1. The zero-order valence-electron chi connectivity index (χ0n) is 12.6. The van der Waals surface area contributed by atoms with Crippen LogP contribution in [-0.4, -0.2) is 29.3 Å². The van der Waals surface area contributed by atoms with Gasteiger partial charge in [-0.15, -0.1) is 24.8 Å². The Balaban J connectivity index is 0.00000200. The fourth-order valence-corrected chi connectivity index (χ4v) is 2.86. The average molecular weight is 335 g/mol. The summed E-state index contributed by atoms with van der Waals surface area (Å²) in [6, 6.07) is 9.91. The number of halogens is 2. The molecule has 1 aromatic rings. The van der Waals surface area contributed by atoms with Gasteiger partial charge < -0.3 is 16.2 Å². The molecule has 1 aromatic carbocycles. The molecule has 3 nitrogen and oxygen atoms in total. The van der Waals surface area contributed by atoms with Crippen molar-refractivity contribution in [1.29, 1.82) is 0 Å². The summed E-state index contributed by atoms with van der Waals surface area (Å²) in [5.41, 5.74) is 7.47. The Morgan fingerprint density at radius 3 is 2.33 bits per heavy atom. The first kappa shape index (κ1) is 20.7. The maximum absolute atomic E-state index is 10.2. The molecule has 0 aliphatic heterocycles. The number of nitrogens with one attached hydrogen (secondary N) is 1. The van der Waals surface area contributed by atoms with Crippen molar-refractivity contribution in [2.45, 2.75) is 56.7 Å². The van der Waals surface area contributed by atoms with Crippen LogP contribution in [0.1, 0.15) is 38.2 Å². The zero-order chi connectivity index (χ0) is 13.7. The van der Waals surface area contributed by atoms with Crippen LogP contribution in [0, 0.1) is 0 Å². The van der Waals surface area contributed by atoms with E-state index in [1.165, 1.54) is 31.2 Å². The normalized spacial score (nSPS) is 19.2. The van der Waals surface area contributed by atoms with Crippen LogP contribution >= 0.6 is 24.8 Å². The van der Waals surface area contributed by atoms with E-state index < -0.39 is 6.10 Å². The number of hydrogen-bond donors (Lipinski definition) is 3. The van der Waals surface area contributed by atoms with Gasteiger partial charge in [-0.3, -0.25) is 0 Å². The van der Waals surface area contributed by atoms with E-state index in [4.69, 9.17) is 5.73 Å². The molecule has 2 rings (SSSR count). The van der Waals surface area contributed by atoms with Crippen molar-refractivity contribution in [3.05, 3.63) is 35.9 Å². The van der Waals surface area contributed by atoms with Gasteiger partial charge in [-0.25, -0.2) is 0 Å². The van der Waals surface area contributed by atoms with Crippen molar-refractivity contribution in [3.63, 3.8) is 0 Å². The van der Waals surface area contributed by atoms with E-state index in [1.807, 2.05) is 18.2 Å². The molecule has 21 heavy (non-hydrogen) atoms. The van der Waals surface area contributed by atoms with Crippen LogP contribution in [0.15, 0.2) is 30.3 Å². The third-order valence-corrected chi connectivity index (χ3v) is 4.25. The first-order chi connectivity index (χ1) is 9.09. The van der Waals surface area contributed by atoms with Crippen molar-refractivity contribution in [2.24, 2.45) is 5.73 Å². The number of rotatable bonds is 6. The van der Waals surface area contributed by atoms with Crippen LogP contribution < -0.4 is 11.1 Å². The van der Waals surface area contributed by atoms with E-state index >= 15 is 0 Å². The van der Waals surface area contributed by atoms with Crippen molar-refractivity contribution in [1.82, 2.24) is 5.32 Å². The largest absolute Gasteiger partial charge is 0.390 e. The Kier molecular flexibility index (Phi) is 9.50. The molecule has 0 bridgehead atoms. The lowest BCUT2D eigenvalue weighted by Gasteiger charge is -2.28. The van der Waals surface area contributed by atoms with E-state index in [9.17, 15) is 5.11 Å². The average Bonchev–Trinajstić information content (AvgIpc) is 2.84. The molecule has 2 atom stereocenters. The molecule has 1 fully saturated rings. The second-order valence-corrected chi connectivity index (χ2v) is 6.07. The number of nitrogens with two attached hydrogens (primary N) is 1. The lowest BCUT2D eigenvalue weighted by molar-refractivity contribution is 0.129. The molecule has 1 aliphatic rings. The molecule has 122 valence electrons. The van der Waals surface area contributed by atoms with Crippen molar-refractivity contribution >= 4 is 24.8 Å². The highest BCUT2D eigenvalue weighted by Crippen LogP contribution is 2.28. The number of aliphatic hydroxyl groups is 1. The molecular formula is C16H28Cl2N2O. The molecule has 0 spiro atoms. The van der Waals surface area contributed by atoms with Gasteiger partial charge in [0.1, 0.15) is 0 Å². The Morgan fingerprint density at radius 1 is 1.19 bits per heavy atom. The summed E-state index contributed by atoms with van der Waals surface area (Å²) < 4.78 is 0. The summed E-state index contributed by atoms with van der Waals surface area (Å²) in [5.74, 6) is 0.